The number of carbonyl (C=O) groups is 1. The number of halogens is 1. The highest BCUT2D eigenvalue weighted by atomic mass is 19.1. The average molecular weight is 596 g/mol. The van der Waals surface area contributed by atoms with Gasteiger partial charge in [0.2, 0.25) is 5.91 Å². The summed E-state index contributed by atoms with van der Waals surface area (Å²) in [5, 5.41) is 23.5. The van der Waals surface area contributed by atoms with Crippen molar-refractivity contribution < 1.29 is 24.1 Å². The summed E-state index contributed by atoms with van der Waals surface area (Å²) in [4.78, 5) is 14.7. The third-order valence-electron chi connectivity index (χ3n) is 15.5. The lowest BCUT2D eigenvalue weighted by molar-refractivity contribution is -0.182. The maximum atomic E-state index is 13.6. The van der Waals surface area contributed by atoms with Gasteiger partial charge in [0.1, 0.15) is 5.82 Å². The van der Waals surface area contributed by atoms with Crippen molar-refractivity contribution in [2.75, 3.05) is 6.54 Å². The molecule has 1 aromatic rings. The van der Waals surface area contributed by atoms with E-state index >= 15 is 0 Å². The number of amides is 1. The fourth-order valence-electron chi connectivity index (χ4n) is 13.2. The Kier molecular flexibility index (Phi) is 6.67. The third kappa shape index (κ3) is 3.75. The second kappa shape index (κ2) is 9.51. The molecule has 43 heavy (non-hydrogen) atoms. The molecule has 13 atom stereocenters. The van der Waals surface area contributed by atoms with Crippen molar-refractivity contribution in [3.63, 3.8) is 0 Å². The molecule has 2 N–H and O–H groups in total. The van der Waals surface area contributed by atoms with Crippen LogP contribution in [-0.2, 0) is 9.53 Å². The number of nitrogens with zero attached hydrogens (tertiary/aromatic N) is 1. The summed E-state index contributed by atoms with van der Waals surface area (Å²) in [6.07, 6.45) is 7.71. The minimum Gasteiger partial charge on any atom is -0.393 e. The Balaban J connectivity index is 1.16. The van der Waals surface area contributed by atoms with Gasteiger partial charge >= 0.3 is 0 Å². The number of aliphatic hydroxyl groups is 2. The minimum absolute atomic E-state index is 0.000627. The van der Waals surface area contributed by atoms with E-state index in [0.717, 1.165) is 44.1 Å². The number of benzene rings is 1. The van der Waals surface area contributed by atoms with Crippen LogP contribution in [0.4, 0.5) is 4.39 Å². The van der Waals surface area contributed by atoms with E-state index in [1.54, 1.807) is 19.1 Å². The summed E-state index contributed by atoms with van der Waals surface area (Å²) in [6.45, 7) is 15.9. The topological polar surface area (TPSA) is 70.0 Å². The van der Waals surface area contributed by atoms with Gasteiger partial charge < -0.3 is 19.8 Å². The van der Waals surface area contributed by atoms with Crippen LogP contribution in [0.3, 0.4) is 0 Å². The van der Waals surface area contributed by atoms with E-state index in [1.165, 1.54) is 25.0 Å². The Morgan fingerprint density at radius 1 is 1.02 bits per heavy atom. The third-order valence-corrected chi connectivity index (χ3v) is 15.5. The molecule has 5 aliphatic carbocycles. The molecule has 0 aromatic heterocycles. The first-order valence-corrected chi connectivity index (χ1v) is 17.2. The van der Waals surface area contributed by atoms with E-state index in [4.69, 9.17) is 4.74 Å². The molecule has 7 rings (SSSR count). The lowest BCUT2D eigenvalue weighted by atomic mass is 9.41. The Morgan fingerprint density at radius 2 is 1.67 bits per heavy atom. The van der Waals surface area contributed by atoms with E-state index in [1.807, 2.05) is 11.8 Å². The molecule has 1 aromatic carbocycles. The van der Waals surface area contributed by atoms with E-state index in [9.17, 15) is 19.4 Å². The number of rotatable bonds is 4. The van der Waals surface area contributed by atoms with Crippen LogP contribution >= 0.6 is 0 Å². The van der Waals surface area contributed by atoms with Gasteiger partial charge in [0.15, 0.2) is 0 Å². The molecule has 0 bridgehead atoms. The Bertz CT molecular complexity index is 1280. The largest absolute Gasteiger partial charge is 0.393 e. The molecule has 5 saturated carbocycles. The van der Waals surface area contributed by atoms with Gasteiger partial charge in [-0.15, -0.1) is 0 Å². The molecular formula is C37H54FNO4. The zero-order valence-corrected chi connectivity index (χ0v) is 27.4. The molecule has 5 nitrogen and oxygen atoms in total. The number of carbonyl (C=O) groups excluding carboxylic acids is 1. The predicted octanol–water partition coefficient (Wildman–Crippen LogP) is 6.91. The number of fused-ring (bicyclic) bond motifs is 4. The van der Waals surface area contributed by atoms with Crippen molar-refractivity contribution in [1.82, 2.24) is 4.90 Å². The second-order valence-corrected chi connectivity index (χ2v) is 17.1. The summed E-state index contributed by atoms with van der Waals surface area (Å²) < 4.78 is 20.5. The quantitative estimate of drug-likeness (QED) is 0.397. The van der Waals surface area contributed by atoms with Crippen LogP contribution in [0.25, 0.3) is 0 Å². The smallest absolute Gasteiger partial charge is 0.220 e. The molecule has 1 saturated heterocycles. The Morgan fingerprint density at radius 3 is 2.35 bits per heavy atom. The van der Waals surface area contributed by atoms with Crippen molar-refractivity contribution >= 4 is 5.91 Å². The van der Waals surface area contributed by atoms with Crippen molar-refractivity contribution in [2.24, 2.45) is 50.7 Å². The molecule has 1 heterocycles. The molecule has 238 valence electrons. The van der Waals surface area contributed by atoms with E-state index in [0.29, 0.717) is 35.6 Å². The first kappa shape index (κ1) is 30.2. The highest BCUT2D eigenvalue weighted by Crippen LogP contribution is 2.89. The van der Waals surface area contributed by atoms with Gasteiger partial charge in [0, 0.05) is 18.9 Å². The molecule has 0 radical (unpaired) electrons. The summed E-state index contributed by atoms with van der Waals surface area (Å²) in [7, 11) is 0. The monoisotopic (exact) mass is 595 g/mol. The van der Waals surface area contributed by atoms with Gasteiger partial charge in [-0.3, -0.25) is 4.79 Å². The first-order chi connectivity index (χ1) is 20.1. The van der Waals surface area contributed by atoms with Gasteiger partial charge in [-0.2, -0.15) is 0 Å². The lowest BCUT2D eigenvalue weighted by Crippen LogP contribution is -2.59. The van der Waals surface area contributed by atoms with Gasteiger partial charge in [0.05, 0.1) is 30.5 Å². The lowest BCUT2D eigenvalue weighted by Gasteiger charge is -2.63. The average Bonchev–Trinajstić information content (AvgIpc) is 3.59. The highest BCUT2D eigenvalue weighted by Gasteiger charge is 2.84. The van der Waals surface area contributed by atoms with Crippen molar-refractivity contribution in [3.8, 4) is 0 Å². The van der Waals surface area contributed by atoms with Gasteiger partial charge in [-0.25, -0.2) is 4.39 Å². The van der Waals surface area contributed by atoms with Crippen LogP contribution < -0.4 is 0 Å². The van der Waals surface area contributed by atoms with Crippen molar-refractivity contribution in [1.29, 1.82) is 0 Å². The molecule has 6 fully saturated rings. The first-order valence-electron chi connectivity index (χ1n) is 17.2. The van der Waals surface area contributed by atoms with E-state index in [-0.39, 0.29) is 57.7 Å². The molecular weight excluding hydrogens is 541 g/mol. The highest BCUT2D eigenvalue weighted by molar-refractivity contribution is 5.73. The van der Waals surface area contributed by atoms with E-state index in [2.05, 4.69) is 34.6 Å². The normalized spacial score (nSPS) is 49.9. The van der Waals surface area contributed by atoms with E-state index < -0.39 is 6.10 Å². The van der Waals surface area contributed by atoms with Crippen LogP contribution in [0.2, 0.25) is 0 Å². The Labute approximate surface area is 257 Å². The fraction of sp³-hybridized carbons (Fsp3) is 0.811. The maximum Gasteiger partial charge on any atom is 0.220 e. The Hall–Kier alpha value is -1.50. The van der Waals surface area contributed by atoms with Crippen LogP contribution in [0.5, 0.6) is 0 Å². The molecule has 6 aliphatic rings. The number of hydrogen-bond acceptors (Lipinski definition) is 4. The summed E-state index contributed by atoms with van der Waals surface area (Å²) in [6, 6.07) is 6.22. The molecule has 1 amide bonds. The second-order valence-electron chi connectivity index (χ2n) is 17.1. The minimum atomic E-state index is -0.536. The maximum absolute atomic E-state index is 13.6. The zero-order valence-electron chi connectivity index (χ0n) is 27.4. The number of aliphatic hydroxyl groups excluding tert-OH is 2. The predicted molar refractivity (Wildman–Crippen MR) is 164 cm³/mol. The van der Waals surface area contributed by atoms with Gasteiger partial charge in [-0.05, 0) is 121 Å². The van der Waals surface area contributed by atoms with Gasteiger partial charge in [-0.1, -0.05) is 46.8 Å². The van der Waals surface area contributed by atoms with Gasteiger partial charge in [0.25, 0.3) is 0 Å². The number of ether oxygens (including phenoxy) is 1. The van der Waals surface area contributed by atoms with Crippen molar-refractivity contribution in [3.05, 3.63) is 35.6 Å². The van der Waals surface area contributed by atoms with Crippen LogP contribution in [0.1, 0.15) is 111 Å². The summed E-state index contributed by atoms with van der Waals surface area (Å²) in [5.41, 5.74) is 1.25. The molecule has 6 heteroatoms. The summed E-state index contributed by atoms with van der Waals surface area (Å²) >= 11 is 0. The molecule has 2 spiro atoms. The molecule has 13 unspecified atom stereocenters. The van der Waals surface area contributed by atoms with Crippen molar-refractivity contribution in [2.45, 2.75) is 130 Å². The zero-order chi connectivity index (χ0) is 30.9. The summed E-state index contributed by atoms with van der Waals surface area (Å²) in [5.74, 6) is 1.41. The van der Waals surface area contributed by atoms with Crippen LogP contribution in [-0.4, -0.2) is 52.0 Å². The van der Waals surface area contributed by atoms with Crippen LogP contribution in [0.15, 0.2) is 24.3 Å². The molecule has 1 aliphatic heterocycles. The number of hydrogen-bond donors (Lipinski definition) is 2. The SMILES string of the molecule is CC(=O)N(CC1CC(C)C2C(O1)C(O)C1(C)C3CCC4C(C)(C)C(O)CCC45CC35CCC21C)C(C)c1ccc(F)cc1. The van der Waals surface area contributed by atoms with Crippen LogP contribution in [0, 0.1) is 56.6 Å². The standard InChI is InChI=1S/C37H54FNO4/c1-21-18-26(19-39(23(3)40)22(2)24-8-10-25(38)11-9-24)43-31-30(21)34(6)16-17-37-20-36(37)15-14-29(41)33(4,5)27(36)12-13-28(37)35(34,7)32(31)42/h8-11,21-22,26-32,41-42H,12-20H2,1-7H3. The fourth-order valence-corrected chi connectivity index (χ4v) is 13.2.